The van der Waals surface area contributed by atoms with Crippen LogP contribution in [0.1, 0.15) is 15.4 Å². The van der Waals surface area contributed by atoms with Gasteiger partial charge in [-0.1, -0.05) is 0 Å². The van der Waals surface area contributed by atoms with E-state index in [0.29, 0.717) is 11.4 Å². The van der Waals surface area contributed by atoms with E-state index in [4.69, 9.17) is 4.42 Å². The van der Waals surface area contributed by atoms with E-state index in [0.717, 1.165) is 39.7 Å². The van der Waals surface area contributed by atoms with Crippen LogP contribution in [0.25, 0.3) is 11.0 Å². The highest BCUT2D eigenvalue weighted by Gasteiger charge is 2.14. The number of H-pyrrole nitrogens is 1. The van der Waals surface area contributed by atoms with E-state index in [9.17, 15) is 4.79 Å². The molecule has 0 aromatic carbocycles. The molecule has 6 nitrogen and oxygen atoms in total. The zero-order chi connectivity index (χ0) is 18.5. The number of hydrogen-bond acceptors (Lipinski definition) is 6. The van der Waals surface area contributed by atoms with E-state index in [-0.39, 0.29) is 5.91 Å². The molecule has 138 valence electrons. The van der Waals surface area contributed by atoms with Crippen LogP contribution in [0.3, 0.4) is 0 Å². The van der Waals surface area contributed by atoms with Crippen LogP contribution in [0, 0.1) is 0 Å². The molecule has 0 saturated heterocycles. The number of furan rings is 1. The molecule has 0 aliphatic rings. The summed E-state index contributed by atoms with van der Waals surface area (Å²) in [4.78, 5) is 20.6. The number of rotatable bonds is 8. The van der Waals surface area contributed by atoms with Crippen LogP contribution >= 0.6 is 23.1 Å². The van der Waals surface area contributed by atoms with Gasteiger partial charge in [-0.05, 0) is 35.7 Å². The minimum atomic E-state index is -0.0644. The van der Waals surface area contributed by atoms with Crippen molar-refractivity contribution >= 4 is 51.4 Å². The highest BCUT2D eigenvalue weighted by Crippen LogP contribution is 2.29. The first-order chi connectivity index (χ1) is 13.3. The number of pyridine rings is 1. The minimum Gasteiger partial charge on any atom is -0.468 e. The fourth-order valence-corrected chi connectivity index (χ4v) is 4.20. The zero-order valence-electron chi connectivity index (χ0n) is 14.4. The van der Waals surface area contributed by atoms with E-state index in [1.54, 1.807) is 24.2 Å². The largest absolute Gasteiger partial charge is 0.468 e. The van der Waals surface area contributed by atoms with E-state index in [1.807, 2.05) is 41.9 Å². The quantitative estimate of drug-likeness (QED) is 0.377. The molecule has 0 bridgehead atoms. The highest BCUT2D eigenvalue weighted by molar-refractivity contribution is 7.98. The summed E-state index contributed by atoms with van der Waals surface area (Å²) in [5, 5.41) is 9.24. The first kappa shape index (κ1) is 17.7. The summed E-state index contributed by atoms with van der Waals surface area (Å²) in [5.74, 6) is 2.52. The highest BCUT2D eigenvalue weighted by atomic mass is 32.2. The standard InChI is InChI=1S/C19H18N4O2S2/c24-19(22-8-11-26-12-13-2-1-9-25-13)17-16(5-10-27-17)23-15-4-7-21-18-14(15)3-6-20-18/h1-7,9-10H,8,11-12H2,(H,22,24)(H2,20,21,23). The lowest BCUT2D eigenvalue weighted by Gasteiger charge is -2.09. The maximum absolute atomic E-state index is 12.5. The van der Waals surface area contributed by atoms with E-state index in [1.165, 1.54) is 11.3 Å². The van der Waals surface area contributed by atoms with Crippen molar-refractivity contribution in [1.29, 1.82) is 0 Å². The molecule has 4 heterocycles. The van der Waals surface area contributed by atoms with Crippen molar-refractivity contribution in [2.24, 2.45) is 0 Å². The van der Waals surface area contributed by atoms with Crippen LogP contribution in [0.15, 0.2) is 58.8 Å². The third kappa shape index (κ3) is 4.17. The summed E-state index contributed by atoms with van der Waals surface area (Å²) in [5.41, 5.74) is 2.53. The molecule has 0 radical (unpaired) electrons. The number of anilines is 2. The van der Waals surface area contributed by atoms with Crippen LogP contribution in [0.4, 0.5) is 11.4 Å². The molecular weight excluding hydrogens is 380 g/mol. The molecule has 0 saturated carbocycles. The molecule has 3 N–H and O–H groups in total. The van der Waals surface area contributed by atoms with Crippen LogP contribution in [0.5, 0.6) is 0 Å². The van der Waals surface area contributed by atoms with Crippen molar-refractivity contribution in [3.05, 3.63) is 65.0 Å². The fourth-order valence-electron chi connectivity index (χ4n) is 2.68. The van der Waals surface area contributed by atoms with Gasteiger partial charge in [0.05, 0.1) is 23.4 Å². The Bertz CT molecular complexity index is 1020. The predicted octanol–water partition coefficient (Wildman–Crippen LogP) is 4.62. The minimum absolute atomic E-state index is 0.0644. The van der Waals surface area contributed by atoms with E-state index >= 15 is 0 Å². The second-order valence-corrected chi connectivity index (χ2v) is 7.80. The SMILES string of the molecule is O=C(NCCSCc1ccco1)c1sccc1Nc1ccnc2[nH]ccc12. The summed E-state index contributed by atoms with van der Waals surface area (Å²) in [7, 11) is 0. The first-order valence-electron chi connectivity index (χ1n) is 8.46. The molecule has 1 amide bonds. The lowest BCUT2D eigenvalue weighted by Crippen LogP contribution is -2.25. The maximum atomic E-state index is 12.5. The molecule has 0 spiro atoms. The monoisotopic (exact) mass is 398 g/mol. The summed E-state index contributed by atoms with van der Waals surface area (Å²) >= 11 is 3.15. The topological polar surface area (TPSA) is 82.9 Å². The summed E-state index contributed by atoms with van der Waals surface area (Å²) < 4.78 is 5.30. The Balaban J connectivity index is 1.34. The molecule has 4 aromatic heterocycles. The van der Waals surface area contributed by atoms with E-state index in [2.05, 4.69) is 20.6 Å². The Morgan fingerprint density at radius 1 is 1.26 bits per heavy atom. The smallest absolute Gasteiger partial charge is 0.263 e. The number of thiophene rings is 1. The lowest BCUT2D eigenvalue weighted by atomic mass is 10.2. The molecule has 27 heavy (non-hydrogen) atoms. The van der Waals surface area contributed by atoms with Gasteiger partial charge >= 0.3 is 0 Å². The van der Waals surface area contributed by atoms with Gasteiger partial charge < -0.3 is 20.0 Å². The summed E-state index contributed by atoms with van der Waals surface area (Å²) in [6, 6.07) is 9.63. The molecule has 0 aliphatic carbocycles. The molecule has 4 aromatic rings. The molecule has 4 rings (SSSR count). The maximum Gasteiger partial charge on any atom is 0.263 e. The zero-order valence-corrected chi connectivity index (χ0v) is 16.0. The van der Waals surface area contributed by atoms with E-state index < -0.39 is 0 Å². The van der Waals surface area contributed by atoms with Gasteiger partial charge in [-0.2, -0.15) is 11.8 Å². The van der Waals surface area contributed by atoms with Crippen molar-refractivity contribution < 1.29 is 9.21 Å². The van der Waals surface area contributed by atoms with Gasteiger partial charge in [-0.25, -0.2) is 4.98 Å². The van der Waals surface area contributed by atoms with Gasteiger partial charge in [0.2, 0.25) is 0 Å². The Kier molecular flexibility index (Phi) is 5.45. The van der Waals surface area contributed by atoms with Crippen molar-refractivity contribution in [3.63, 3.8) is 0 Å². The number of fused-ring (bicyclic) bond motifs is 1. The number of aromatic amines is 1. The Morgan fingerprint density at radius 2 is 2.22 bits per heavy atom. The van der Waals surface area contributed by atoms with Gasteiger partial charge in [0.1, 0.15) is 16.3 Å². The molecule has 8 heteroatoms. The van der Waals surface area contributed by atoms with Gasteiger partial charge in [-0.3, -0.25) is 4.79 Å². The van der Waals surface area contributed by atoms with Crippen LogP contribution in [0.2, 0.25) is 0 Å². The van der Waals surface area contributed by atoms with Crippen molar-refractivity contribution in [3.8, 4) is 0 Å². The predicted molar refractivity (Wildman–Crippen MR) is 111 cm³/mol. The van der Waals surface area contributed by atoms with Crippen molar-refractivity contribution in [1.82, 2.24) is 15.3 Å². The number of thioether (sulfide) groups is 1. The molecule has 0 atom stereocenters. The number of carbonyl (C=O) groups is 1. The number of hydrogen-bond donors (Lipinski definition) is 3. The van der Waals surface area contributed by atoms with Crippen LogP contribution in [-0.2, 0) is 5.75 Å². The normalized spacial score (nSPS) is 11.0. The van der Waals surface area contributed by atoms with Gasteiger partial charge in [0.15, 0.2) is 0 Å². The summed E-state index contributed by atoms with van der Waals surface area (Å²) in [6.07, 6.45) is 5.26. The number of nitrogens with one attached hydrogen (secondary N) is 3. The van der Waals surface area contributed by atoms with Crippen LogP contribution < -0.4 is 10.6 Å². The molecule has 0 fully saturated rings. The second-order valence-electron chi connectivity index (χ2n) is 5.77. The third-order valence-corrected chi connectivity index (χ3v) is 5.85. The molecule has 0 unspecified atom stereocenters. The number of carbonyl (C=O) groups excluding carboxylic acids is 1. The number of nitrogens with zero attached hydrogens (tertiary/aromatic N) is 1. The number of amides is 1. The Hall–Kier alpha value is -2.71. The van der Waals surface area contributed by atoms with Crippen molar-refractivity contribution in [2.45, 2.75) is 5.75 Å². The Labute approximate surface area is 164 Å². The lowest BCUT2D eigenvalue weighted by molar-refractivity contribution is 0.0961. The third-order valence-electron chi connectivity index (χ3n) is 3.96. The fraction of sp³-hybridized carbons (Fsp3) is 0.158. The van der Waals surface area contributed by atoms with Crippen LogP contribution in [-0.4, -0.2) is 28.2 Å². The summed E-state index contributed by atoms with van der Waals surface area (Å²) in [6.45, 7) is 0.610. The van der Waals surface area contributed by atoms with Gasteiger partial charge in [0, 0.05) is 30.1 Å². The number of aromatic nitrogens is 2. The van der Waals surface area contributed by atoms with Gasteiger partial charge in [-0.15, -0.1) is 11.3 Å². The average molecular weight is 399 g/mol. The van der Waals surface area contributed by atoms with Gasteiger partial charge in [0.25, 0.3) is 5.91 Å². The molecule has 0 aliphatic heterocycles. The second kappa shape index (κ2) is 8.32. The van der Waals surface area contributed by atoms with Crippen molar-refractivity contribution in [2.75, 3.05) is 17.6 Å². The average Bonchev–Trinajstić information content (AvgIpc) is 3.43. The molecular formula is C19H18N4O2S2. The first-order valence-corrected chi connectivity index (χ1v) is 10.5. The Morgan fingerprint density at radius 3 is 3.11 bits per heavy atom.